The summed E-state index contributed by atoms with van der Waals surface area (Å²) in [6.45, 7) is 0.789. The smallest absolute Gasteiger partial charge is 0.304 e. The summed E-state index contributed by atoms with van der Waals surface area (Å²) < 4.78 is 0. The molecule has 0 spiro atoms. The Morgan fingerprint density at radius 2 is 1.68 bits per heavy atom. The number of Topliss-reactive ketones (excluding diaryl/α,β-unsaturated/α-hetero) is 1. The van der Waals surface area contributed by atoms with Gasteiger partial charge in [-0.2, -0.15) is 0 Å². The van der Waals surface area contributed by atoms with Crippen LogP contribution in [0.25, 0.3) is 16.5 Å². The molecule has 1 aliphatic rings. The third-order valence-corrected chi connectivity index (χ3v) is 5.50. The average Bonchev–Trinajstić information content (AvgIpc) is 2.98. The number of thiocarbonyl (C=S) groups is 1. The van der Waals surface area contributed by atoms with Crippen LogP contribution in [-0.2, 0) is 9.59 Å². The number of anilines is 1. The molecule has 0 saturated carbocycles. The average molecular weight is 472 g/mol. The molecule has 3 aromatic rings. The van der Waals surface area contributed by atoms with Gasteiger partial charge in [-0.3, -0.25) is 14.5 Å². The molecule has 0 radical (unpaired) electrons. The molecule has 4 rings (SSSR count). The Hall–Kier alpha value is -2.77. The quantitative estimate of drug-likeness (QED) is 0.332. The Morgan fingerprint density at radius 3 is 2.35 bits per heavy atom. The van der Waals surface area contributed by atoms with E-state index in [1.54, 1.807) is 24.3 Å². The van der Waals surface area contributed by atoms with E-state index in [1.165, 1.54) is 4.90 Å². The highest BCUT2D eigenvalue weighted by Gasteiger charge is 2.42. The fourth-order valence-electron chi connectivity index (χ4n) is 3.43. The lowest BCUT2D eigenvalue weighted by atomic mass is 10.0. The van der Waals surface area contributed by atoms with E-state index < -0.39 is 11.7 Å². The Labute approximate surface area is 196 Å². The van der Waals surface area contributed by atoms with Gasteiger partial charge in [0.2, 0.25) is 0 Å². The zero-order valence-corrected chi connectivity index (χ0v) is 18.7. The minimum atomic E-state index is -0.690. The van der Waals surface area contributed by atoms with Gasteiger partial charge in [0, 0.05) is 18.1 Å². The van der Waals surface area contributed by atoms with E-state index in [1.807, 2.05) is 42.5 Å². The molecule has 1 saturated heterocycles. The van der Waals surface area contributed by atoms with Gasteiger partial charge in [-0.05, 0) is 46.7 Å². The number of carbonyl (C=O) groups is 2. The molecular formula is C23H19Cl2N3O2S. The van der Waals surface area contributed by atoms with Gasteiger partial charge in [0.1, 0.15) is 4.99 Å². The van der Waals surface area contributed by atoms with E-state index >= 15 is 0 Å². The van der Waals surface area contributed by atoms with Crippen molar-refractivity contribution < 1.29 is 9.59 Å². The van der Waals surface area contributed by atoms with E-state index in [0.29, 0.717) is 29.5 Å². The predicted molar refractivity (Wildman–Crippen MR) is 132 cm³/mol. The number of hydrogen-bond acceptors (Lipinski definition) is 5. The molecule has 5 nitrogen and oxygen atoms in total. The highest BCUT2D eigenvalue weighted by Crippen LogP contribution is 2.31. The lowest BCUT2D eigenvalue weighted by Crippen LogP contribution is -2.29. The number of rotatable bonds is 5. The number of amides is 1. The van der Waals surface area contributed by atoms with Crippen molar-refractivity contribution in [2.24, 2.45) is 5.73 Å². The van der Waals surface area contributed by atoms with Gasteiger partial charge in [0.05, 0.1) is 17.0 Å². The van der Waals surface area contributed by atoms with E-state index in [9.17, 15) is 9.59 Å². The number of hydrogen-bond donors (Lipinski definition) is 2. The van der Waals surface area contributed by atoms with Crippen molar-refractivity contribution >= 4 is 75.1 Å². The second kappa shape index (κ2) is 9.58. The van der Waals surface area contributed by atoms with Crippen molar-refractivity contribution in [3.05, 3.63) is 82.9 Å². The Morgan fingerprint density at radius 1 is 1.00 bits per heavy atom. The molecule has 158 valence electrons. The zero-order valence-electron chi connectivity index (χ0n) is 16.3. The van der Waals surface area contributed by atoms with E-state index in [-0.39, 0.29) is 23.0 Å². The topological polar surface area (TPSA) is 75.4 Å². The summed E-state index contributed by atoms with van der Waals surface area (Å²) in [5.74, 6) is -1.34. The lowest BCUT2D eigenvalue weighted by Gasteiger charge is -2.17. The molecular weight excluding hydrogens is 453 g/mol. The van der Waals surface area contributed by atoms with Crippen molar-refractivity contribution in [2.45, 2.75) is 0 Å². The second-order valence-electron chi connectivity index (χ2n) is 6.78. The van der Waals surface area contributed by atoms with Crippen molar-refractivity contribution in [1.82, 2.24) is 5.32 Å². The van der Waals surface area contributed by atoms with Crippen molar-refractivity contribution in [1.29, 1.82) is 0 Å². The summed E-state index contributed by atoms with van der Waals surface area (Å²) in [7, 11) is 0. The van der Waals surface area contributed by atoms with Crippen LogP contribution < -0.4 is 16.0 Å². The van der Waals surface area contributed by atoms with Crippen LogP contribution in [0, 0.1) is 0 Å². The number of halogens is 2. The zero-order chi connectivity index (χ0) is 21.3. The molecule has 31 heavy (non-hydrogen) atoms. The normalized spacial score (nSPS) is 15.3. The summed E-state index contributed by atoms with van der Waals surface area (Å²) >= 11 is 11.5. The van der Waals surface area contributed by atoms with Crippen LogP contribution in [0.3, 0.4) is 0 Å². The molecule has 8 heteroatoms. The Kier molecular flexibility index (Phi) is 7.08. The number of carbonyl (C=O) groups excluding carboxylic acids is 2. The van der Waals surface area contributed by atoms with Crippen LogP contribution in [0.15, 0.2) is 72.3 Å². The van der Waals surface area contributed by atoms with Gasteiger partial charge >= 0.3 is 5.91 Å². The lowest BCUT2D eigenvalue weighted by molar-refractivity contribution is -0.132. The standard InChI is InChI=1S/C23H18ClN3O2S.ClH/c24-17-7-9-18(10-8-17)27-22(29)21(28)19(23(27)30)20(26-12-11-25)16-6-5-14-3-1-2-4-15(14)13-16;/h1-10,13,26H,11-12,25H2;1H/b20-19+;. The van der Waals surface area contributed by atoms with Crippen molar-refractivity contribution in [2.75, 3.05) is 18.0 Å². The molecule has 0 unspecified atom stereocenters. The number of nitrogens with one attached hydrogen (secondary N) is 1. The van der Waals surface area contributed by atoms with Gasteiger partial charge < -0.3 is 11.1 Å². The maximum Gasteiger partial charge on any atom is 0.304 e. The first-order valence-electron chi connectivity index (χ1n) is 9.37. The van der Waals surface area contributed by atoms with Crippen LogP contribution in [0.4, 0.5) is 5.69 Å². The summed E-state index contributed by atoms with van der Waals surface area (Å²) in [4.78, 5) is 27.2. The monoisotopic (exact) mass is 471 g/mol. The first-order valence-corrected chi connectivity index (χ1v) is 10.2. The molecule has 1 aliphatic heterocycles. The molecule has 0 bridgehead atoms. The molecule has 3 N–H and O–H groups in total. The molecule has 1 amide bonds. The number of fused-ring (bicyclic) bond motifs is 1. The fraction of sp³-hybridized carbons (Fsp3) is 0.0870. The minimum Gasteiger partial charge on any atom is -0.383 e. The van der Waals surface area contributed by atoms with Gasteiger partial charge in [-0.1, -0.05) is 60.2 Å². The summed E-state index contributed by atoms with van der Waals surface area (Å²) in [6.07, 6.45) is 0. The third-order valence-electron chi connectivity index (χ3n) is 4.86. The number of benzene rings is 3. The number of nitrogens with two attached hydrogens (primary N) is 1. The Bertz CT molecular complexity index is 1210. The van der Waals surface area contributed by atoms with Crippen molar-refractivity contribution in [3.8, 4) is 0 Å². The highest BCUT2D eigenvalue weighted by atomic mass is 35.5. The highest BCUT2D eigenvalue weighted by molar-refractivity contribution is 7.81. The molecule has 0 aliphatic carbocycles. The van der Waals surface area contributed by atoms with Gasteiger partial charge in [-0.25, -0.2) is 0 Å². The van der Waals surface area contributed by atoms with Gasteiger partial charge in [0.15, 0.2) is 0 Å². The summed E-state index contributed by atoms with van der Waals surface area (Å²) in [5, 5.41) is 5.82. The molecule has 1 heterocycles. The van der Waals surface area contributed by atoms with Crippen LogP contribution in [0.1, 0.15) is 5.56 Å². The van der Waals surface area contributed by atoms with Crippen LogP contribution >= 0.6 is 36.2 Å². The second-order valence-corrected chi connectivity index (χ2v) is 7.60. The van der Waals surface area contributed by atoms with Gasteiger partial charge in [-0.15, -0.1) is 12.4 Å². The van der Waals surface area contributed by atoms with E-state index in [0.717, 1.165) is 16.3 Å². The third kappa shape index (κ3) is 4.34. The first-order chi connectivity index (χ1) is 14.5. The maximum atomic E-state index is 13.0. The summed E-state index contributed by atoms with van der Waals surface area (Å²) in [5.41, 5.74) is 7.62. The molecule has 3 aromatic carbocycles. The molecule has 0 aromatic heterocycles. The molecule has 0 atom stereocenters. The SMILES string of the molecule is Cl.NCCN/C(=C1\C(=O)C(=O)N(c2ccc(Cl)cc2)C1=S)c1ccc2ccccc2c1. The number of nitrogens with zero attached hydrogens (tertiary/aromatic N) is 1. The van der Waals surface area contributed by atoms with Crippen LogP contribution in [0.5, 0.6) is 0 Å². The predicted octanol–water partition coefficient (Wildman–Crippen LogP) is 4.12. The Balaban J connectivity index is 0.00000272. The minimum absolute atomic E-state index is 0. The number of ketones is 1. The van der Waals surface area contributed by atoms with E-state index in [4.69, 9.17) is 29.6 Å². The van der Waals surface area contributed by atoms with E-state index in [2.05, 4.69) is 5.32 Å². The van der Waals surface area contributed by atoms with Crippen LogP contribution in [-0.4, -0.2) is 29.8 Å². The molecule has 1 fully saturated rings. The van der Waals surface area contributed by atoms with Crippen molar-refractivity contribution in [3.63, 3.8) is 0 Å². The van der Waals surface area contributed by atoms with Crippen LogP contribution in [0.2, 0.25) is 5.02 Å². The van der Waals surface area contributed by atoms with Gasteiger partial charge in [0.25, 0.3) is 5.78 Å². The fourth-order valence-corrected chi connectivity index (χ4v) is 3.94. The maximum absolute atomic E-state index is 13.0. The summed E-state index contributed by atoms with van der Waals surface area (Å²) in [6, 6.07) is 20.4. The first kappa shape index (κ1) is 22.9. The largest absolute Gasteiger partial charge is 0.383 e.